The first kappa shape index (κ1) is 18.8. The van der Waals surface area contributed by atoms with Gasteiger partial charge in [-0.15, -0.1) is 0 Å². The van der Waals surface area contributed by atoms with Crippen molar-refractivity contribution >= 4 is 11.0 Å². The minimum atomic E-state index is -0.399. The molecule has 0 amide bonds. The third-order valence-electron chi connectivity index (χ3n) is 6.00. The van der Waals surface area contributed by atoms with E-state index in [1.165, 1.54) is 19.3 Å². The van der Waals surface area contributed by atoms with Crippen LogP contribution in [0.3, 0.4) is 0 Å². The third-order valence-corrected chi connectivity index (χ3v) is 6.00. The van der Waals surface area contributed by atoms with Crippen LogP contribution in [0.4, 0.5) is 0 Å². The predicted octanol–water partition coefficient (Wildman–Crippen LogP) is 5.24. The number of hydrogen-bond donors (Lipinski definition) is 1. The van der Waals surface area contributed by atoms with Crippen molar-refractivity contribution in [1.82, 2.24) is 4.90 Å². The molecule has 2 heterocycles. The maximum atomic E-state index is 12.2. The van der Waals surface area contributed by atoms with Crippen molar-refractivity contribution < 1.29 is 9.52 Å². The van der Waals surface area contributed by atoms with Crippen LogP contribution in [0.25, 0.3) is 22.1 Å². The minimum absolute atomic E-state index is 0.237. The van der Waals surface area contributed by atoms with Crippen molar-refractivity contribution in [3.63, 3.8) is 0 Å². The Labute approximate surface area is 165 Å². The number of phenolic OH excluding ortho intramolecular Hbond substituents is 1. The summed E-state index contributed by atoms with van der Waals surface area (Å²) in [4.78, 5) is 14.6. The highest BCUT2D eigenvalue weighted by atomic mass is 16.4. The van der Waals surface area contributed by atoms with Gasteiger partial charge in [-0.1, -0.05) is 43.7 Å². The highest BCUT2D eigenvalue weighted by Gasteiger charge is 2.23. The lowest BCUT2D eigenvalue weighted by molar-refractivity contribution is 0.135. The molecule has 4 nitrogen and oxygen atoms in total. The van der Waals surface area contributed by atoms with Gasteiger partial charge in [0.1, 0.15) is 11.3 Å². The molecule has 1 saturated heterocycles. The number of hydrogen-bond acceptors (Lipinski definition) is 4. The smallest absolute Gasteiger partial charge is 0.336 e. The zero-order chi connectivity index (χ0) is 19.7. The molecule has 0 aliphatic carbocycles. The van der Waals surface area contributed by atoms with Crippen LogP contribution in [-0.4, -0.2) is 22.6 Å². The van der Waals surface area contributed by atoms with Gasteiger partial charge in [0.25, 0.3) is 0 Å². The van der Waals surface area contributed by atoms with Crippen molar-refractivity contribution in [2.75, 3.05) is 6.54 Å². The Balaban J connectivity index is 1.86. The highest BCUT2D eigenvalue weighted by Crippen LogP contribution is 2.36. The standard InChI is InChI=1S/C24H27NO3/c1-3-19-11-7-8-12-25(19)15-18-13-21-20(17-9-5-4-6-10-17)14-22(26)28-24(21)16(2)23(18)27/h4-6,9-10,13-14,19,27H,3,7-8,11-12,15H2,1-2H3/t19-/m1/s1. The topological polar surface area (TPSA) is 53.7 Å². The van der Waals surface area contributed by atoms with Gasteiger partial charge >= 0.3 is 5.63 Å². The largest absolute Gasteiger partial charge is 0.507 e. The van der Waals surface area contributed by atoms with E-state index in [2.05, 4.69) is 11.8 Å². The zero-order valence-electron chi connectivity index (χ0n) is 16.6. The van der Waals surface area contributed by atoms with Gasteiger partial charge in [0.2, 0.25) is 0 Å². The lowest BCUT2D eigenvalue weighted by Gasteiger charge is -2.35. The van der Waals surface area contributed by atoms with E-state index in [0.717, 1.165) is 35.0 Å². The molecule has 1 N–H and O–H groups in total. The van der Waals surface area contributed by atoms with Crippen LogP contribution in [-0.2, 0) is 6.54 Å². The summed E-state index contributed by atoms with van der Waals surface area (Å²) in [6, 6.07) is 14.0. The zero-order valence-corrected chi connectivity index (χ0v) is 16.6. The van der Waals surface area contributed by atoms with Crippen LogP contribution in [0.5, 0.6) is 5.75 Å². The number of aryl methyl sites for hydroxylation is 1. The maximum absolute atomic E-state index is 12.2. The van der Waals surface area contributed by atoms with Crippen LogP contribution in [0, 0.1) is 6.92 Å². The van der Waals surface area contributed by atoms with Gasteiger partial charge in [-0.05, 0) is 49.9 Å². The fraction of sp³-hybridized carbons (Fsp3) is 0.375. The number of piperidine rings is 1. The van der Waals surface area contributed by atoms with Gasteiger partial charge in [-0.2, -0.15) is 0 Å². The van der Waals surface area contributed by atoms with Crippen molar-refractivity contribution in [3.8, 4) is 16.9 Å². The maximum Gasteiger partial charge on any atom is 0.336 e. The summed E-state index contributed by atoms with van der Waals surface area (Å²) in [6.07, 6.45) is 4.82. The normalized spacial score (nSPS) is 17.9. The second kappa shape index (κ2) is 7.80. The van der Waals surface area contributed by atoms with Crippen LogP contribution in [0.1, 0.15) is 43.7 Å². The Bertz CT molecular complexity index is 1040. The van der Waals surface area contributed by atoms with Crippen LogP contribution < -0.4 is 5.63 Å². The lowest BCUT2D eigenvalue weighted by Crippen LogP contribution is -2.38. The summed E-state index contributed by atoms with van der Waals surface area (Å²) in [7, 11) is 0. The van der Waals surface area contributed by atoms with Crippen LogP contribution >= 0.6 is 0 Å². The number of aromatic hydroxyl groups is 1. The Morgan fingerprint density at radius 2 is 1.96 bits per heavy atom. The van der Waals surface area contributed by atoms with Gasteiger partial charge in [-0.25, -0.2) is 4.79 Å². The molecule has 0 unspecified atom stereocenters. The Morgan fingerprint density at radius 1 is 1.18 bits per heavy atom. The van der Waals surface area contributed by atoms with Gasteiger partial charge in [0.15, 0.2) is 0 Å². The van der Waals surface area contributed by atoms with Crippen molar-refractivity contribution in [2.24, 2.45) is 0 Å². The van der Waals surface area contributed by atoms with Crippen LogP contribution in [0.15, 0.2) is 51.7 Å². The van der Waals surface area contributed by atoms with E-state index in [1.54, 1.807) is 6.07 Å². The number of nitrogens with zero attached hydrogens (tertiary/aromatic N) is 1. The number of likely N-dealkylation sites (tertiary alicyclic amines) is 1. The highest BCUT2D eigenvalue weighted by molar-refractivity contribution is 5.96. The molecule has 1 aliphatic rings. The first-order chi connectivity index (χ1) is 13.6. The van der Waals surface area contributed by atoms with E-state index in [0.29, 0.717) is 23.7 Å². The van der Waals surface area contributed by atoms with Crippen molar-refractivity contribution in [1.29, 1.82) is 0 Å². The van der Waals surface area contributed by atoms with Gasteiger partial charge in [0.05, 0.1) is 0 Å². The average molecular weight is 377 g/mol. The predicted molar refractivity (Wildman–Crippen MR) is 113 cm³/mol. The summed E-state index contributed by atoms with van der Waals surface area (Å²) >= 11 is 0. The second-order valence-electron chi connectivity index (χ2n) is 7.76. The average Bonchev–Trinajstić information content (AvgIpc) is 2.73. The third kappa shape index (κ3) is 3.45. The summed E-state index contributed by atoms with van der Waals surface area (Å²) in [5.41, 5.74) is 3.42. The molecule has 4 heteroatoms. The number of fused-ring (bicyclic) bond motifs is 1. The fourth-order valence-corrected chi connectivity index (χ4v) is 4.44. The SMILES string of the molecule is CC[C@@H]1CCCCN1Cc1cc2c(-c3ccccc3)cc(=O)oc2c(C)c1O. The first-order valence-electron chi connectivity index (χ1n) is 10.2. The molecule has 0 radical (unpaired) electrons. The van der Waals surface area contributed by atoms with E-state index in [9.17, 15) is 9.90 Å². The fourth-order valence-electron chi connectivity index (χ4n) is 4.44. The molecule has 146 valence electrons. The second-order valence-corrected chi connectivity index (χ2v) is 7.76. The van der Waals surface area contributed by atoms with Gasteiger partial charge in [0, 0.05) is 35.2 Å². The molecule has 0 saturated carbocycles. The van der Waals surface area contributed by atoms with E-state index < -0.39 is 5.63 Å². The van der Waals surface area contributed by atoms with E-state index in [1.807, 2.05) is 43.3 Å². The number of benzene rings is 2. The first-order valence-corrected chi connectivity index (χ1v) is 10.2. The molecule has 0 bridgehead atoms. The molecular weight excluding hydrogens is 350 g/mol. The molecule has 4 rings (SSSR count). The Morgan fingerprint density at radius 3 is 2.71 bits per heavy atom. The van der Waals surface area contributed by atoms with Crippen molar-refractivity contribution in [2.45, 2.75) is 52.1 Å². The quantitative estimate of drug-likeness (QED) is 0.632. The molecule has 1 fully saturated rings. The van der Waals surface area contributed by atoms with Crippen LogP contribution in [0.2, 0.25) is 0 Å². The molecule has 2 aromatic carbocycles. The Kier molecular flexibility index (Phi) is 5.23. The summed E-state index contributed by atoms with van der Waals surface area (Å²) in [5, 5.41) is 11.7. The summed E-state index contributed by atoms with van der Waals surface area (Å²) in [6.45, 7) is 5.84. The molecule has 1 aliphatic heterocycles. The molecule has 28 heavy (non-hydrogen) atoms. The molecule has 1 atom stereocenters. The number of phenols is 1. The van der Waals surface area contributed by atoms with Gasteiger partial charge < -0.3 is 9.52 Å². The molecule has 3 aromatic rings. The van der Waals surface area contributed by atoms with E-state index in [-0.39, 0.29) is 5.75 Å². The van der Waals surface area contributed by atoms with Gasteiger partial charge in [-0.3, -0.25) is 4.90 Å². The monoisotopic (exact) mass is 377 g/mol. The van der Waals surface area contributed by atoms with E-state index in [4.69, 9.17) is 4.42 Å². The molecule has 0 spiro atoms. The summed E-state index contributed by atoms with van der Waals surface area (Å²) in [5.74, 6) is 0.237. The Hall–Kier alpha value is -2.59. The minimum Gasteiger partial charge on any atom is -0.507 e. The molecular formula is C24H27NO3. The molecule has 1 aromatic heterocycles. The number of rotatable bonds is 4. The lowest BCUT2D eigenvalue weighted by atomic mass is 9.95. The summed E-state index contributed by atoms with van der Waals surface area (Å²) < 4.78 is 5.49. The van der Waals surface area contributed by atoms with Crippen molar-refractivity contribution in [3.05, 3.63) is 64.0 Å². The van der Waals surface area contributed by atoms with E-state index >= 15 is 0 Å².